The van der Waals surface area contributed by atoms with Crippen molar-refractivity contribution in [3.05, 3.63) is 34.9 Å². The summed E-state index contributed by atoms with van der Waals surface area (Å²) in [6.07, 6.45) is 6.43. The second-order valence-electron chi connectivity index (χ2n) is 11.0. The fourth-order valence-electron chi connectivity index (χ4n) is 5.80. The van der Waals surface area contributed by atoms with Crippen LogP contribution in [0.4, 0.5) is 0 Å². The molecule has 1 atom stereocenters. The minimum atomic E-state index is -0.566. The van der Waals surface area contributed by atoms with Gasteiger partial charge in [-0.2, -0.15) is 0 Å². The number of methoxy groups -OCH3 is 1. The number of hydrogen-bond donors (Lipinski definition) is 2. The maximum Gasteiger partial charge on any atom is 0.255 e. The van der Waals surface area contributed by atoms with E-state index in [9.17, 15) is 14.4 Å². The summed E-state index contributed by atoms with van der Waals surface area (Å²) in [4.78, 5) is 38.1. The zero-order valence-electron chi connectivity index (χ0n) is 20.3. The molecule has 2 heterocycles. The van der Waals surface area contributed by atoms with Crippen LogP contribution in [0.5, 0.6) is 0 Å². The second kappa shape index (κ2) is 9.18. The molecule has 4 rings (SSSR count). The highest BCUT2D eigenvalue weighted by molar-refractivity contribution is 6.05. The van der Waals surface area contributed by atoms with Crippen molar-refractivity contribution in [2.75, 3.05) is 7.11 Å². The average molecular weight is 456 g/mol. The summed E-state index contributed by atoms with van der Waals surface area (Å²) in [5.41, 5.74) is 3.02. The van der Waals surface area contributed by atoms with Crippen LogP contribution in [-0.4, -0.2) is 47.4 Å². The summed E-state index contributed by atoms with van der Waals surface area (Å²) in [6, 6.07) is 5.90. The topological polar surface area (TPSA) is 87.7 Å². The highest BCUT2D eigenvalue weighted by atomic mass is 16.5. The third kappa shape index (κ3) is 5.30. The van der Waals surface area contributed by atoms with Crippen molar-refractivity contribution in [1.29, 1.82) is 0 Å². The summed E-state index contributed by atoms with van der Waals surface area (Å²) in [5.74, 6) is -0.753. The number of piperidine rings is 1. The van der Waals surface area contributed by atoms with Gasteiger partial charge in [0.2, 0.25) is 11.8 Å². The summed E-state index contributed by atoms with van der Waals surface area (Å²) in [6.45, 7) is 7.91. The van der Waals surface area contributed by atoms with Crippen molar-refractivity contribution in [3.63, 3.8) is 0 Å². The van der Waals surface area contributed by atoms with Crippen molar-refractivity contribution in [3.8, 4) is 0 Å². The number of ether oxygens (including phenoxy) is 1. The molecule has 1 aromatic carbocycles. The van der Waals surface area contributed by atoms with E-state index < -0.39 is 6.04 Å². The smallest absolute Gasteiger partial charge is 0.255 e. The largest absolute Gasteiger partial charge is 0.379 e. The van der Waals surface area contributed by atoms with Crippen LogP contribution < -0.4 is 10.6 Å². The molecule has 2 aliphatic heterocycles. The molecule has 1 saturated heterocycles. The second-order valence-corrected chi connectivity index (χ2v) is 11.0. The molecule has 1 aromatic rings. The first-order valence-electron chi connectivity index (χ1n) is 12.1. The lowest BCUT2D eigenvalue weighted by Gasteiger charge is -2.42. The van der Waals surface area contributed by atoms with Gasteiger partial charge in [0, 0.05) is 38.2 Å². The Morgan fingerprint density at radius 2 is 1.91 bits per heavy atom. The molecule has 33 heavy (non-hydrogen) atoms. The summed E-state index contributed by atoms with van der Waals surface area (Å²) in [7, 11) is 1.80. The van der Waals surface area contributed by atoms with Gasteiger partial charge in [-0.05, 0) is 75.0 Å². The number of imide groups is 1. The Bertz CT molecular complexity index is 933. The van der Waals surface area contributed by atoms with E-state index in [1.807, 2.05) is 12.1 Å². The van der Waals surface area contributed by atoms with Crippen molar-refractivity contribution in [2.24, 2.45) is 5.41 Å². The Balaban J connectivity index is 1.31. The lowest BCUT2D eigenvalue weighted by Crippen LogP contribution is -2.52. The normalized spacial score (nSPS) is 28.1. The number of carbonyl (C=O) groups is 3. The van der Waals surface area contributed by atoms with Crippen LogP contribution in [0.1, 0.15) is 87.2 Å². The van der Waals surface area contributed by atoms with Gasteiger partial charge in [-0.3, -0.25) is 19.7 Å². The van der Waals surface area contributed by atoms with Gasteiger partial charge in [0.15, 0.2) is 0 Å². The van der Waals surface area contributed by atoms with E-state index in [2.05, 4.69) is 37.5 Å². The number of benzene rings is 1. The minimum absolute atomic E-state index is 0.0847. The molecule has 3 aliphatic rings. The molecule has 0 spiro atoms. The van der Waals surface area contributed by atoms with Crippen molar-refractivity contribution >= 4 is 17.7 Å². The maximum absolute atomic E-state index is 12.9. The molecule has 3 amide bonds. The highest BCUT2D eigenvalue weighted by Gasteiger charge is 2.39. The van der Waals surface area contributed by atoms with Gasteiger partial charge in [-0.15, -0.1) is 0 Å². The van der Waals surface area contributed by atoms with Crippen LogP contribution in [-0.2, 0) is 27.4 Å². The number of nitrogens with zero attached hydrogens (tertiary/aromatic N) is 1. The number of hydrogen-bond acceptors (Lipinski definition) is 5. The van der Waals surface area contributed by atoms with E-state index in [-0.39, 0.29) is 29.7 Å². The molecule has 1 saturated carbocycles. The third-order valence-electron chi connectivity index (χ3n) is 7.78. The van der Waals surface area contributed by atoms with Gasteiger partial charge >= 0.3 is 0 Å². The molecule has 0 bridgehead atoms. The van der Waals surface area contributed by atoms with Crippen LogP contribution in [0.3, 0.4) is 0 Å². The maximum atomic E-state index is 12.9. The molecule has 1 unspecified atom stereocenters. The SMILES string of the molecule is COC(C)(C)CC1(C)CCC(NCc2ccc3c(c2)CN(C2CCC(=O)NC2=O)C3=O)CC1. The fourth-order valence-corrected chi connectivity index (χ4v) is 5.80. The Morgan fingerprint density at radius 3 is 2.58 bits per heavy atom. The fraction of sp³-hybridized carbons (Fsp3) is 0.654. The highest BCUT2D eigenvalue weighted by Crippen LogP contribution is 2.42. The number of rotatable bonds is 7. The van der Waals surface area contributed by atoms with E-state index >= 15 is 0 Å². The van der Waals surface area contributed by atoms with Gasteiger partial charge in [0.25, 0.3) is 5.91 Å². The molecule has 0 aromatic heterocycles. The lowest BCUT2D eigenvalue weighted by molar-refractivity contribution is -0.136. The Morgan fingerprint density at radius 1 is 1.18 bits per heavy atom. The van der Waals surface area contributed by atoms with Crippen LogP contribution in [0, 0.1) is 5.41 Å². The van der Waals surface area contributed by atoms with Crippen molar-refractivity contribution in [1.82, 2.24) is 15.5 Å². The van der Waals surface area contributed by atoms with Crippen LogP contribution >= 0.6 is 0 Å². The number of amides is 3. The van der Waals surface area contributed by atoms with E-state index in [4.69, 9.17) is 4.74 Å². The molecule has 2 N–H and O–H groups in total. The number of carbonyl (C=O) groups excluding carboxylic acids is 3. The summed E-state index contributed by atoms with van der Waals surface area (Å²) < 4.78 is 5.66. The van der Waals surface area contributed by atoms with E-state index in [0.29, 0.717) is 30.0 Å². The quantitative estimate of drug-likeness (QED) is 0.616. The van der Waals surface area contributed by atoms with Gasteiger partial charge in [-0.25, -0.2) is 0 Å². The standard InChI is InChI=1S/C26H37N3O4/c1-25(2,33-4)16-26(3)11-9-19(10-12-26)27-14-17-5-6-20-18(13-17)15-29(24(20)32)21-7-8-22(30)28-23(21)31/h5-6,13,19,21,27H,7-12,14-16H2,1-4H3,(H,28,30,31). The monoisotopic (exact) mass is 455 g/mol. The van der Waals surface area contributed by atoms with Gasteiger partial charge in [-0.1, -0.05) is 19.1 Å². The molecule has 7 heteroatoms. The van der Waals surface area contributed by atoms with Gasteiger partial charge in [0.05, 0.1) is 5.60 Å². The van der Waals surface area contributed by atoms with Crippen LogP contribution in [0.25, 0.3) is 0 Å². The van der Waals surface area contributed by atoms with Crippen molar-refractivity contribution < 1.29 is 19.1 Å². The average Bonchev–Trinajstić information content (AvgIpc) is 3.08. The first kappa shape index (κ1) is 23.9. The number of fused-ring (bicyclic) bond motifs is 1. The molecule has 2 fully saturated rings. The summed E-state index contributed by atoms with van der Waals surface area (Å²) in [5, 5.41) is 6.06. The Hall–Kier alpha value is -2.25. The minimum Gasteiger partial charge on any atom is -0.379 e. The summed E-state index contributed by atoms with van der Waals surface area (Å²) >= 11 is 0. The molecule has 7 nitrogen and oxygen atoms in total. The van der Waals surface area contributed by atoms with E-state index in [1.54, 1.807) is 12.0 Å². The first-order valence-corrected chi connectivity index (χ1v) is 12.1. The molecule has 1 aliphatic carbocycles. The zero-order chi connectivity index (χ0) is 23.8. The van der Waals surface area contributed by atoms with Gasteiger partial charge < -0.3 is 15.0 Å². The predicted octanol–water partition coefficient (Wildman–Crippen LogP) is 3.30. The van der Waals surface area contributed by atoms with Crippen molar-refractivity contribution in [2.45, 2.75) is 96.5 Å². The predicted molar refractivity (Wildman–Crippen MR) is 125 cm³/mol. The number of nitrogens with one attached hydrogen (secondary N) is 2. The van der Waals surface area contributed by atoms with E-state index in [0.717, 1.165) is 36.9 Å². The third-order valence-corrected chi connectivity index (χ3v) is 7.78. The lowest BCUT2D eigenvalue weighted by atomic mass is 9.68. The van der Waals surface area contributed by atoms with Gasteiger partial charge in [0.1, 0.15) is 6.04 Å². The molecule has 180 valence electrons. The van der Waals surface area contributed by atoms with Crippen LogP contribution in [0.2, 0.25) is 0 Å². The zero-order valence-corrected chi connectivity index (χ0v) is 20.3. The molecular weight excluding hydrogens is 418 g/mol. The van der Waals surface area contributed by atoms with Crippen LogP contribution in [0.15, 0.2) is 18.2 Å². The Labute approximate surface area is 196 Å². The first-order chi connectivity index (χ1) is 15.6. The van der Waals surface area contributed by atoms with E-state index in [1.165, 1.54) is 12.8 Å². The Kier molecular flexibility index (Phi) is 6.65. The molecule has 0 radical (unpaired) electrons. The molecular formula is C26H37N3O4.